The molecule has 1 N–H and O–H groups in total. The number of hydrogen-bond acceptors (Lipinski definition) is 2. The number of likely N-dealkylation sites (tertiary alicyclic amines) is 1. The molecule has 4 heteroatoms. The molecule has 1 aromatic rings. The maximum absolute atomic E-state index is 11.5. The molecule has 0 bridgehead atoms. The van der Waals surface area contributed by atoms with E-state index in [-0.39, 0.29) is 11.0 Å². The maximum Gasteiger partial charge on any atom is 0.407 e. The Balaban J connectivity index is 1.91. The standard InChI is InChI=1S/C18H26N2O2/c1-17(2,3)20-10-8-18(9-11-20)13-19(16(21)22)12-14-6-4-5-7-15(14)18/h4-7H,8-13H2,1-3H3,(H,21,22). The van der Waals surface area contributed by atoms with Crippen molar-refractivity contribution in [2.24, 2.45) is 0 Å². The first-order chi connectivity index (χ1) is 10.3. The van der Waals surface area contributed by atoms with E-state index in [1.54, 1.807) is 4.90 Å². The molecule has 3 rings (SSSR count). The van der Waals surface area contributed by atoms with Gasteiger partial charge in [0.15, 0.2) is 0 Å². The zero-order valence-corrected chi connectivity index (χ0v) is 13.8. The highest BCUT2D eigenvalue weighted by atomic mass is 16.4. The summed E-state index contributed by atoms with van der Waals surface area (Å²) < 4.78 is 0. The number of rotatable bonds is 0. The average Bonchev–Trinajstić information content (AvgIpc) is 2.47. The van der Waals surface area contributed by atoms with E-state index in [4.69, 9.17) is 0 Å². The fraction of sp³-hybridized carbons (Fsp3) is 0.611. The molecule has 1 spiro atoms. The van der Waals surface area contributed by atoms with Crippen LogP contribution in [0.4, 0.5) is 4.79 Å². The quantitative estimate of drug-likeness (QED) is 0.799. The largest absolute Gasteiger partial charge is 0.465 e. The van der Waals surface area contributed by atoms with Gasteiger partial charge in [0.25, 0.3) is 0 Å². The van der Waals surface area contributed by atoms with E-state index >= 15 is 0 Å². The normalized spacial score (nSPS) is 21.7. The van der Waals surface area contributed by atoms with Gasteiger partial charge in [0.1, 0.15) is 0 Å². The second-order valence-corrected chi connectivity index (χ2v) is 7.73. The van der Waals surface area contributed by atoms with Crippen LogP contribution in [0.2, 0.25) is 0 Å². The summed E-state index contributed by atoms with van der Waals surface area (Å²) in [7, 11) is 0. The molecule has 120 valence electrons. The molecule has 1 saturated heterocycles. The Hall–Kier alpha value is -1.55. The van der Waals surface area contributed by atoms with E-state index in [0.29, 0.717) is 13.1 Å². The van der Waals surface area contributed by atoms with Gasteiger partial charge >= 0.3 is 6.09 Å². The number of piperidine rings is 1. The first-order valence-electron chi connectivity index (χ1n) is 8.13. The molecule has 0 radical (unpaired) electrons. The summed E-state index contributed by atoms with van der Waals surface area (Å²) in [6.07, 6.45) is 1.27. The van der Waals surface area contributed by atoms with Crippen LogP contribution in [-0.4, -0.2) is 46.2 Å². The van der Waals surface area contributed by atoms with Crippen molar-refractivity contribution in [1.29, 1.82) is 0 Å². The van der Waals surface area contributed by atoms with E-state index in [1.807, 2.05) is 6.07 Å². The topological polar surface area (TPSA) is 43.8 Å². The van der Waals surface area contributed by atoms with Crippen LogP contribution >= 0.6 is 0 Å². The third-order valence-corrected chi connectivity index (χ3v) is 5.38. The summed E-state index contributed by atoms with van der Waals surface area (Å²) in [6.45, 7) is 9.99. The first kappa shape index (κ1) is 15.3. The minimum atomic E-state index is -0.799. The van der Waals surface area contributed by atoms with E-state index in [2.05, 4.69) is 43.9 Å². The molecular weight excluding hydrogens is 276 g/mol. The number of amides is 1. The summed E-state index contributed by atoms with van der Waals surface area (Å²) >= 11 is 0. The fourth-order valence-electron chi connectivity index (χ4n) is 4.06. The highest BCUT2D eigenvalue weighted by molar-refractivity contribution is 5.66. The van der Waals surface area contributed by atoms with Crippen molar-refractivity contribution in [3.05, 3.63) is 35.4 Å². The Morgan fingerprint density at radius 1 is 1.18 bits per heavy atom. The number of nitrogens with zero attached hydrogens (tertiary/aromatic N) is 2. The van der Waals surface area contributed by atoms with Gasteiger partial charge < -0.3 is 10.0 Å². The van der Waals surface area contributed by atoms with Gasteiger partial charge in [-0.25, -0.2) is 4.79 Å². The lowest BCUT2D eigenvalue weighted by Gasteiger charge is -2.50. The molecule has 1 amide bonds. The Morgan fingerprint density at radius 3 is 2.41 bits per heavy atom. The van der Waals surface area contributed by atoms with Gasteiger partial charge in [0.05, 0.1) is 0 Å². The Morgan fingerprint density at radius 2 is 1.82 bits per heavy atom. The van der Waals surface area contributed by atoms with Crippen molar-refractivity contribution in [3.8, 4) is 0 Å². The molecule has 0 aliphatic carbocycles. The molecule has 0 unspecified atom stereocenters. The van der Waals surface area contributed by atoms with Crippen molar-refractivity contribution in [2.75, 3.05) is 19.6 Å². The number of benzene rings is 1. The molecule has 0 aromatic heterocycles. The monoisotopic (exact) mass is 302 g/mol. The average molecular weight is 302 g/mol. The van der Waals surface area contributed by atoms with Gasteiger partial charge in [-0.3, -0.25) is 4.90 Å². The minimum absolute atomic E-state index is 0.00498. The van der Waals surface area contributed by atoms with Gasteiger partial charge in [-0.1, -0.05) is 24.3 Å². The molecular formula is C18H26N2O2. The van der Waals surface area contributed by atoms with Gasteiger partial charge in [-0.15, -0.1) is 0 Å². The van der Waals surface area contributed by atoms with Crippen molar-refractivity contribution in [3.63, 3.8) is 0 Å². The Kier molecular flexibility index (Phi) is 3.68. The van der Waals surface area contributed by atoms with Crippen LogP contribution in [0.1, 0.15) is 44.7 Å². The van der Waals surface area contributed by atoms with Crippen molar-refractivity contribution in [2.45, 2.75) is 51.1 Å². The molecule has 1 aromatic carbocycles. The highest BCUT2D eigenvalue weighted by Crippen LogP contribution is 2.42. The van der Waals surface area contributed by atoms with Crippen molar-refractivity contribution >= 4 is 6.09 Å². The minimum Gasteiger partial charge on any atom is -0.465 e. The van der Waals surface area contributed by atoms with E-state index in [0.717, 1.165) is 25.9 Å². The third kappa shape index (κ3) is 2.60. The first-order valence-corrected chi connectivity index (χ1v) is 8.13. The van der Waals surface area contributed by atoms with E-state index in [9.17, 15) is 9.90 Å². The predicted octanol–water partition coefficient (Wildman–Crippen LogP) is 3.31. The molecule has 2 heterocycles. The maximum atomic E-state index is 11.5. The van der Waals surface area contributed by atoms with Crippen molar-refractivity contribution < 1.29 is 9.90 Å². The lowest BCUT2D eigenvalue weighted by Crippen LogP contribution is -2.56. The zero-order chi connectivity index (χ0) is 16.0. The van der Waals surface area contributed by atoms with Crippen LogP contribution in [0.3, 0.4) is 0 Å². The Labute approximate surface area is 132 Å². The highest BCUT2D eigenvalue weighted by Gasteiger charge is 2.44. The summed E-state index contributed by atoms with van der Waals surface area (Å²) in [5, 5.41) is 9.47. The zero-order valence-electron chi connectivity index (χ0n) is 13.8. The Bertz CT molecular complexity index is 569. The lowest BCUT2D eigenvalue weighted by atomic mass is 9.68. The van der Waals surface area contributed by atoms with Crippen LogP contribution in [0.5, 0.6) is 0 Å². The van der Waals surface area contributed by atoms with Gasteiger partial charge in [-0.2, -0.15) is 0 Å². The molecule has 22 heavy (non-hydrogen) atoms. The van der Waals surface area contributed by atoms with Crippen LogP contribution in [0, 0.1) is 0 Å². The van der Waals surface area contributed by atoms with Crippen LogP contribution in [-0.2, 0) is 12.0 Å². The summed E-state index contributed by atoms with van der Waals surface area (Å²) in [4.78, 5) is 15.6. The van der Waals surface area contributed by atoms with Crippen LogP contribution in [0.15, 0.2) is 24.3 Å². The fourth-order valence-corrected chi connectivity index (χ4v) is 4.06. The van der Waals surface area contributed by atoms with E-state index in [1.165, 1.54) is 11.1 Å². The number of carboxylic acid groups (broad SMARTS) is 1. The van der Waals surface area contributed by atoms with Crippen LogP contribution in [0.25, 0.3) is 0 Å². The molecule has 2 aliphatic rings. The lowest BCUT2D eigenvalue weighted by molar-refractivity contribution is 0.0488. The van der Waals surface area contributed by atoms with Gasteiger partial charge in [0.2, 0.25) is 0 Å². The van der Waals surface area contributed by atoms with Crippen LogP contribution < -0.4 is 0 Å². The van der Waals surface area contributed by atoms with Crippen molar-refractivity contribution in [1.82, 2.24) is 9.80 Å². The van der Waals surface area contributed by atoms with Gasteiger partial charge in [0, 0.05) is 24.0 Å². The number of carbonyl (C=O) groups is 1. The van der Waals surface area contributed by atoms with Gasteiger partial charge in [-0.05, 0) is 57.8 Å². The summed E-state index contributed by atoms with van der Waals surface area (Å²) in [6, 6.07) is 8.40. The molecule has 0 saturated carbocycles. The molecule has 1 fully saturated rings. The molecule has 0 atom stereocenters. The SMILES string of the molecule is CC(C)(C)N1CCC2(CC1)CN(C(=O)O)Cc1ccccc12. The molecule has 2 aliphatic heterocycles. The third-order valence-electron chi connectivity index (χ3n) is 5.38. The molecule has 4 nitrogen and oxygen atoms in total. The van der Waals surface area contributed by atoms with E-state index < -0.39 is 6.09 Å². The predicted molar refractivity (Wildman–Crippen MR) is 87.1 cm³/mol. The second-order valence-electron chi connectivity index (χ2n) is 7.73. The second kappa shape index (κ2) is 5.27. The number of fused-ring (bicyclic) bond motifs is 2. The summed E-state index contributed by atoms with van der Waals surface area (Å²) in [5.41, 5.74) is 2.73. The smallest absolute Gasteiger partial charge is 0.407 e. The number of hydrogen-bond donors (Lipinski definition) is 1. The summed E-state index contributed by atoms with van der Waals surface area (Å²) in [5.74, 6) is 0.